The lowest BCUT2D eigenvalue weighted by molar-refractivity contribution is -0.181. The lowest BCUT2D eigenvalue weighted by atomic mass is 9.96. The molecule has 0 aromatic heterocycles. The molecule has 1 aliphatic rings. The SMILES string of the molecule is CNCC1CCN(C(=O)C(F)(F)C(F)F)CC1. The Bertz CT molecular complexity index is 265. The van der Waals surface area contributed by atoms with Crippen LogP contribution in [0.3, 0.4) is 0 Å². The van der Waals surface area contributed by atoms with Crippen molar-refractivity contribution in [2.45, 2.75) is 25.2 Å². The first-order chi connectivity index (χ1) is 7.89. The molecule has 1 rings (SSSR count). The lowest BCUT2D eigenvalue weighted by Crippen LogP contribution is -2.50. The summed E-state index contributed by atoms with van der Waals surface area (Å²) in [5.74, 6) is -6.00. The van der Waals surface area contributed by atoms with Crippen molar-refractivity contribution in [3.8, 4) is 0 Å². The van der Waals surface area contributed by atoms with Crippen LogP contribution < -0.4 is 5.32 Å². The highest BCUT2D eigenvalue weighted by atomic mass is 19.3. The molecular formula is C10H16F4N2O. The summed E-state index contributed by atoms with van der Waals surface area (Å²) in [6, 6.07) is 0. The molecule has 1 fully saturated rings. The van der Waals surface area contributed by atoms with Crippen LogP contribution in [0.15, 0.2) is 0 Å². The van der Waals surface area contributed by atoms with Gasteiger partial charge in [-0.15, -0.1) is 0 Å². The third-order valence-corrected chi connectivity index (χ3v) is 2.95. The molecule has 0 aromatic rings. The van der Waals surface area contributed by atoms with Crippen LogP contribution in [-0.4, -0.2) is 49.8 Å². The van der Waals surface area contributed by atoms with Gasteiger partial charge in [-0.2, -0.15) is 8.78 Å². The van der Waals surface area contributed by atoms with Gasteiger partial charge in [-0.3, -0.25) is 4.79 Å². The summed E-state index contributed by atoms with van der Waals surface area (Å²) in [6.07, 6.45) is -2.82. The highest BCUT2D eigenvalue weighted by Crippen LogP contribution is 2.27. The zero-order chi connectivity index (χ0) is 13.1. The van der Waals surface area contributed by atoms with Crippen molar-refractivity contribution in [2.75, 3.05) is 26.7 Å². The Kier molecular flexibility index (Phi) is 4.73. The number of carbonyl (C=O) groups is 1. The van der Waals surface area contributed by atoms with Gasteiger partial charge in [0.15, 0.2) is 0 Å². The second kappa shape index (κ2) is 5.66. The molecule has 0 saturated carbocycles. The summed E-state index contributed by atoms with van der Waals surface area (Å²) >= 11 is 0. The van der Waals surface area contributed by atoms with E-state index in [0.717, 1.165) is 11.4 Å². The quantitative estimate of drug-likeness (QED) is 0.770. The monoisotopic (exact) mass is 256 g/mol. The highest BCUT2D eigenvalue weighted by Gasteiger charge is 2.51. The van der Waals surface area contributed by atoms with Crippen molar-refractivity contribution in [1.29, 1.82) is 0 Å². The van der Waals surface area contributed by atoms with Crippen molar-refractivity contribution >= 4 is 5.91 Å². The molecule has 0 aliphatic carbocycles. The molecule has 1 aliphatic heterocycles. The van der Waals surface area contributed by atoms with E-state index in [1.165, 1.54) is 0 Å². The van der Waals surface area contributed by atoms with E-state index in [0.29, 0.717) is 18.8 Å². The van der Waals surface area contributed by atoms with E-state index in [1.54, 1.807) is 7.05 Å². The maximum absolute atomic E-state index is 12.8. The summed E-state index contributed by atoms with van der Waals surface area (Å²) in [5, 5.41) is 2.96. The van der Waals surface area contributed by atoms with Gasteiger partial charge in [-0.25, -0.2) is 8.78 Å². The molecule has 1 amide bonds. The van der Waals surface area contributed by atoms with Gasteiger partial charge >= 0.3 is 12.3 Å². The molecule has 17 heavy (non-hydrogen) atoms. The molecule has 3 nitrogen and oxygen atoms in total. The average molecular weight is 256 g/mol. The Balaban J connectivity index is 2.51. The minimum absolute atomic E-state index is 0.119. The number of hydrogen-bond acceptors (Lipinski definition) is 2. The molecule has 0 bridgehead atoms. The molecule has 0 spiro atoms. The summed E-state index contributed by atoms with van der Waals surface area (Å²) in [4.78, 5) is 12.0. The zero-order valence-electron chi connectivity index (χ0n) is 9.56. The number of piperidine rings is 1. The van der Waals surface area contributed by atoms with Gasteiger partial charge < -0.3 is 10.2 Å². The van der Waals surface area contributed by atoms with Gasteiger partial charge in [0.05, 0.1) is 0 Å². The van der Waals surface area contributed by atoms with Crippen molar-refractivity contribution in [2.24, 2.45) is 5.92 Å². The maximum atomic E-state index is 12.8. The van der Waals surface area contributed by atoms with E-state index in [4.69, 9.17) is 0 Å². The second-order valence-corrected chi connectivity index (χ2v) is 4.22. The highest BCUT2D eigenvalue weighted by molar-refractivity contribution is 5.84. The van der Waals surface area contributed by atoms with Gasteiger partial charge in [-0.1, -0.05) is 0 Å². The fourth-order valence-corrected chi connectivity index (χ4v) is 1.93. The summed E-state index contributed by atoms with van der Waals surface area (Å²) < 4.78 is 49.6. The fourth-order valence-electron chi connectivity index (χ4n) is 1.93. The number of rotatable bonds is 4. The summed E-state index contributed by atoms with van der Waals surface area (Å²) in [5.41, 5.74) is 0. The normalized spacial score (nSPS) is 18.8. The molecule has 1 heterocycles. The molecule has 7 heteroatoms. The van der Waals surface area contributed by atoms with E-state index in [-0.39, 0.29) is 13.1 Å². The first-order valence-electron chi connectivity index (χ1n) is 5.49. The van der Waals surface area contributed by atoms with Crippen LogP contribution in [-0.2, 0) is 4.79 Å². The van der Waals surface area contributed by atoms with Crippen LogP contribution in [0.25, 0.3) is 0 Å². The number of carbonyl (C=O) groups excluding carboxylic acids is 1. The predicted octanol–water partition coefficient (Wildman–Crippen LogP) is 1.34. The number of alkyl halides is 4. The summed E-state index contributed by atoms with van der Waals surface area (Å²) in [6.45, 7) is 0.980. The van der Waals surface area contributed by atoms with Gasteiger partial charge in [0.2, 0.25) is 0 Å². The van der Waals surface area contributed by atoms with E-state index in [1.807, 2.05) is 0 Å². The Morgan fingerprint density at radius 2 is 1.94 bits per heavy atom. The average Bonchev–Trinajstić information content (AvgIpc) is 2.29. The van der Waals surface area contributed by atoms with Crippen molar-refractivity contribution in [3.05, 3.63) is 0 Å². The Labute approximate surface area is 97.2 Å². The second-order valence-electron chi connectivity index (χ2n) is 4.22. The van der Waals surface area contributed by atoms with Crippen molar-refractivity contribution < 1.29 is 22.4 Å². The molecule has 0 aromatic carbocycles. The number of halogens is 4. The van der Waals surface area contributed by atoms with E-state index < -0.39 is 18.3 Å². The predicted molar refractivity (Wildman–Crippen MR) is 54.2 cm³/mol. The van der Waals surface area contributed by atoms with Crippen molar-refractivity contribution in [3.63, 3.8) is 0 Å². The van der Waals surface area contributed by atoms with Crippen LogP contribution >= 0.6 is 0 Å². The van der Waals surface area contributed by atoms with Crippen LogP contribution in [0.2, 0.25) is 0 Å². The van der Waals surface area contributed by atoms with Crippen LogP contribution in [0.4, 0.5) is 17.6 Å². The minimum Gasteiger partial charge on any atom is -0.337 e. The van der Waals surface area contributed by atoms with E-state index >= 15 is 0 Å². The molecule has 100 valence electrons. The number of amides is 1. The molecule has 0 atom stereocenters. The largest absolute Gasteiger partial charge is 0.383 e. The topological polar surface area (TPSA) is 32.3 Å². The van der Waals surface area contributed by atoms with Crippen molar-refractivity contribution in [1.82, 2.24) is 10.2 Å². The molecule has 1 N–H and O–H groups in total. The van der Waals surface area contributed by atoms with E-state index in [2.05, 4.69) is 5.32 Å². The molecule has 1 saturated heterocycles. The number of nitrogens with one attached hydrogen (secondary N) is 1. The molecule has 0 radical (unpaired) electrons. The van der Waals surface area contributed by atoms with Crippen LogP contribution in [0.5, 0.6) is 0 Å². The molecule has 0 unspecified atom stereocenters. The number of likely N-dealkylation sites (tertiary alicyclic amines) is 1. The number of hydrogen-bond donors (Lipinski definition) is 1. The molecular weight excluding hydrogens is 240 g/mol. The Morgan fingerprint density at radius 3 is 2.35 bits per heavy atom. The third kappa shape index (κ3) is 3.31. The first-order valence-corrected chi connectivity index (χ1v) is 5.49. The Morgan fingerprint density at radius 1 is 1.41 bits per heavy atom. The fraction of sp³-hybridized carbons (Fsp3) is 0.900. The number of nitrogens with zero attached hydrogens (tertiary/aromatic N) is 1. The first kappa shape index (κ1) is 14.2. The van der Waals surface area contributed by atoms with Gasteiger partial charge in [0.25, 0.3) is 5.91 Å². The van der Waals surface area contributed by atoms with E-state index in [9.17, 15) is 22.4 Å². The minimum atomic E-state index is -4.56. The third-order valence-electron chi connectivity index (χ3n) is 2.95. The smallest absolute Gasteiger partial charge is 0.337 e. The van der Waals surface area contributed by atoms with Gasteiger partial charge in [-0.05, 0) is 32.4 Å². The summed E-state index contributed by atoms with van der Waals surface area (Å²) in [7, 11) is 1.78. The zero-order valence-corrected chi connectivity index (χ0v) is 9.56. The van der Waals surface area contributed by atoms with Gasteiger partial charge in [0, 0.05) is 13.1 Å². The standard InChI is InChI=1S/C10H16F4N2O/c1-15-6-7-2-4-16(5-3-7)9(17)10(13,14)8(11)12/h7-8,15H,2-6H2,1H3. The Hall–Kier alpha value is -0.850. The lowest BCUT2D eigenvalue weighted by Gasteiger charge is -2.33. The van der Waals surface area contributed by atoms with Crippen LogP contribution in [0.1, 0.15) is 12.8 Å². The van der Waals surface area contributed by atoms with Crippen LogP contribution in [0, 0.1) is 5.92 Å². The maximum Gasteiger partial charge on any atom is 0.383 e. The van der Waals surface area contributed by atoms with Gasteiger partial charge in [0.1, 0.15) is 0 Å².